The summed E-state index contributed by atoms with van der Waals surface area (Å²) in [4.78, 5) is 19.2. The normalized spacial score (nSPS) is 15.9. The van der Waals surface area contributed by atoms with Crippen LogP contribution in [0.25, 0.3) is 10.2 Å². The second-order valence-electron chi connectivity index (χ2n) is 7.22. The van der Waals surface area contributed by atoms with E-state index in [4.69, 9.17) is 0 Å². The summed E-state index contributed by atoms with van der Waals surface area (Å²) in [6.07, 6.45) is 3.66. The minimum Gasteiger partial charge on any atom is -0.349 e. The monoisotopic (exact) mass is 379 g/mol. The molecule has 4 nitrogen and oxygen atoms in total. The molecule has 27 heavy (non-hydrogen) atoms. The lowest BCUT2D eigenvalue weighted by Gasteiger charge is -2.32. The highest BCUT2D eigenvalue weighted by molar-refractivity contribution is 7.20. The van der Waals surface area contributed by atoms with E-state index in [9.17, 15) is 4.79 Å². The third kappa shape index (κ3) is 4.73. The van der Waals surface area contributed by atoms with Crippen molar-refractivity contribution in [2.45, 2.75) is 19.3 Å². The zero-order valence-electron chi connectivity index (χ0n) is 15.4. The van der Waals surface area contributed by atoms with Crippen molar-refractivity contribution in [2.24, 2.45) is 5.92 Å². The second kappa shape index (κ2) is 8.63. The van der Waals surface area contributed by atoms with Crippen molar-refractivity contribution in [3.05, 3.63) is 65.2 Å². The lowest BCUT2D eigenvalue weighted by Crippen LogP contribution is -2.39. The molecule has 0 bridgehead atoms. The van der Waals surface area contributed by atoms with Gasteiger partial charge >= 0.3 is 0 Å². The molecule has 0 aliphatic carbocycles. The van der Waals surface area contributed by atoms with Gasteiger partial charge in [-0.2, -0.15) is 0 Å². The van der Waals surface area contributed by atoms with Gasteiger partial charge in [0.1, 0.15) is 0 Å². The van der Waals surface area contributed by atoms with Crippen molar-refractivity contribution in [1.29, 1.82) is 0 Å². The Morgan fingerprint density at radius 1 is 1.07 bits per heavy atom. The van der Waals surface area contributed by atoms with Gasteiger partial charge in [0.25, 0.3) is 5.91 Å². The van der Waals surface area contributed by atoms with Crippen LogP contribution in [0.4, 0.5) is 0 Å². The van der Waals surface area contributed by atoms with E-state index in [1.807, 2.05) is 24.3 Å². The number of piperidine rings is 1. The van der Waals surface area contributed by atoms with E-state index in [-0.39, 0.29) is 5.91 Å². The first kappa shape index (κ1) is 18.1. The maximum atomic E-state index is 12.3. The summed E-state index contributed by atoms with van der Waals surface area (Å²) in [6, 6.07) is 18.7. The molecule has 140 valence electrons. The number of benzene rings is 2. The number of likely N-dealkylation sites (tertiary alicyclic amines) is 1. The predicted molar refractivity (Wildman–Crippen MR) is 111 cm³/mol. The summed E-state index contributed by atoms with van der Waals surface area (Å²) in [5, 5.41) is 3.58. The Labute approximate surface area is 164 Å². The summed E-state index contributed by atoms with van der Waals surface area (Å²) in [6.45, 7) is 3.83. The molecule has 5 heteroatoms. The van der Waals surface area contributed by atoms with Crippen molar-refractivity contribution in [1.82, 2.24) is 15.2 Å². The van der Waals surface area contributed by atoms with Crippen LogP contribution < -0.4 is 5.32 Å². The van der Waals surface area contributed by atoms with Gasteiger partial charge in [-0.15, -0.1) is 11.3 Å². The number of aromatic nitrogens is 1. The number of fused-ring (bicyclic) bond motifs is 1. The fourth-order valence-electron chi connectivity index (χ4n) is 3.73. The van der Waals surface area contributed by atoms with Gasteiger partial charge in [-0.1, -0.05) is 42.5 Å². The number of hydrogen-bond donors (Lipinski definition) is 1. The molecule has 3 aromatic rings. The lowest BCUT2D eigenvalue weighted by molar-refractivity contribution is 0.0944. The third-order valence-corrected chi connectivity index (χ3v) is 6.31. The minimum atomic E-state index is -0.0600. The Bertz CT molecular complexity index is 852. The molecule has 0 saturated carbocycles. The Balaban J connectivity index is 1.19. The summed E-state index contributed by atoms with van der Waals surface area (Å²) < 4.78 is 1.06. The van der Waals surface area contributed by atoms with Gasteiger partial charge in [0, 0.05) is 13.1 Å². The second-order valence-corrected chi connectivity index (χ2v) is 8.25. The van der Waals surface area contributed by atoms with Crippen LogP contribution >= 0.6 is 11.3 Å². The molecule has 0 atom stereocenters. The number of nitrogens with one attached hydrogen (secondary N) is 1. The molecule has 0 spiro atoms. The highest BCUT2D eigenvalue weighted by atomic mass is 32.1. The largest absolute Gasteiger partial charge is 0.349 e. The van der Waals surface area contributed by atoms with E-state index in [0.29, 0.717) is 11.6 Å². The number of amides is 1. The average Bonchev–Trinajstić information content (AvgIpc) is 3.14. The fourth-order valence-corrected chi connectivity index (χ4v) is 4.62. The molecule has 0 unspecified atom stereocenters. The number of nitrogens with zero attached hydrogens (tertiary/aromatic N) is 2. The molecule has 1 saturated heterocycles. The lowest BCUT2D eigenvalue weighted by atomic mass is 9.90. The zero-order chi connectivity index (χ0) is 18.5. The molecule has 1 N–H and O–H groups in total. The fraction of sp³-hybridized carbons (Fsp3) is 0.364. The molecule has 4 rings (SSSR count). The van der Waals surface area contributed by atoms with Crippen LogP contribution in [0.5, 0.6) is 0 Å². The van der Waals surface area contributed by atoms with Gasteiger partial charge in [0.2, 0.25) is 0 Å². The van der Waals surface area contributed by atoms with E-state index in [1.165, 1.54) is 36.2 Å². The first-order valence-corrected chi connectivity index (χ1v) is 10.5. The average molecular weight is 380 g/mol. The number of carbonyl (C=O) groups is 1. The number of hydrogen-bond acceptors (Lipinski definition) is 4. The van der Waals surface area contributed by atoms with E-state index >= 15 is 0 Å². The summed E-state index contributed by atoms with van der Waals surface area (Å²) in [5.41, 5.74) is 2.34. The van der Waals surface area contributed by atoms with Gasteiger partial charge in [0.05, 0.1) is 10.2 Å². The van der Waals surface area contributed by atoms with E-state index in [2.05, 4.69) is 45.5 Å². The highest BCUT2D eigenvalue weighted by Crippen LogP contribution is 2.22. The summed E-state index contributed by atoms with van der Waals surface area (Å²) in [7, 11) is 0. The zero-order valence-corrected chi connectivity index (χ0v) is 16.3. The maximum Gasteiger partial charge on any atom is 0.280 e. The molecule has 2 aromatic carbocycles. The predicted octanol–water partition coefficient (Wildman–Crippen LogP) is 3.98. The van der Waals surface area contributed by atoms with Crippen LogP contribution in [-0.4, -0.2) is 42.0 Å². The maximum absolute atomic E-state index is 12.3. The third-order valence-electron chi connectivity index (χ3n) is 5.28. The van der Waals surface area contributed by atoms with Gasteiger partial charge in [-0.3, -0.25) is 4.79 Å². The van der Waals surface area contributed by atoms with E-state index in [0.717, 1.165) is 35.8 Å². The Morgan fingerprint density at radius 3 is 2.59 bits per heavy atom. The Hall–Kier alpha value is -2.24. The van der Waals surface area contributed by atoms with Crippen molar-refractivity contribution in [3.8, 4) is 0 Å². The van der Waals surface area contributed by atoms with Gasteiger partial charge in [0.15, 0.2) is 5.01 Å². The molecule has 1 aromatic heterocycles. The molecule has 2 heterocycles. The summed E-state index contributed by atoms with van der Waals surface area (Å²) >= 11 is 1.46. The molecule has 1 amide bonds. The van der Waals surface area contributed by atoms with E-state index < -0.39 is 0 Å². The molecule has 1 aliphatic rings. The van der Waals surface area contributed by atoms with Crippen molar-refractivity contribution >= 4 is 27.5 Å². The van der Waals surface area contributed by atoms with Crippen LogP contribution in [0.3, 0.4) is 0 Å². The van der Waals surface area contributed by atoms with Crippen LogP contribution in [0.2, 0.25) is 0 Å². The van der Waals surface area contributed by atoms with Crippen molar-refractivity contribution in [2.75, 3.05) is 26.2 Å². The molecular formula is C22H25N3OS. The minimum absolute atomic E-state index is 0.0600. The van der Waals surface area contributed by atoms with Crippen LogP contribution in [0, 0.1) is 5.92 Å². The van der Waals surface area contributed by atoms with Crippen LogP contribution in [0.15, 0.2) is 54.6 Å². The van der Waals surface area contributed by atoms with Crippen LogP contribution in [-0.2, 0) is 6.42 Å². The number of thiazole rings is 1. The molecule has 0 radical (unpaired) electrons. The van der Waals surface area contributed by atoms with Gasteiger partial charge < -0.3 is 10.2 Å². The first-order valence-electron chi connectivity index (χ1n) is 9.68. The topological polar surface area (TPSA) is 45.2 Å². The first-order chi connectivity index (χ1) is 13.3. The Kier molecular flexibility index (Phi) is 5.80. The highest BCUT2D eigenvalue weighted by Gasteiger charge is 2.19. The van der Waals surface area contributed by atoms with Crippen molar-refractivity contribution < 1.29 is 4.79 Å². The Morgan fingerprint density at radius 2 is 1.81 bits per heavy atom. The molecule has 1 fully saturated rings. The number of carbonyl (C=O) groups excluding carboxylic acids is 1. The smallest absolute Gasteiger partial charge is 0.280 e. The number of rotatable bonds is 6. The van der Waals surface area contributed by atoms with Crippen molar-refractivity contribution in [3.63, 3.8) is 0 Å². The summed E-state index contributed by atoms with van der Waals surface area (Å²) in [5.74, 6) is 0.719. The quantitative estimate of drug-likeness (QED) is 0.705. The van der Waals surface area contributed by atoms with Gasteiger partial charge in [-0.05, 0) is 56.0 Å². The van der Waals surface area contributed by atoms with E-state index in [1.54, 1.807) is 0 Å². The molecule has 1 aliphatic heterocycles. The molecular weight excluding hydrogens is 354 g/mol. The standard InChI is InChI=1S/C22H25N3OS/c26-21(22-24-19-8-4-5-9-20(19)27-22)23-12-15-25-13-10-18(11-14-25)16-17-6-2-1-3-7-17/h1-9,18H,10-16H2,(H,23,26). The SMILES string of the molecule is O=C(NCCN1CCC(Cc2ccccc2)CC1)c1nc2ccccc2s1. The van der Waals surface area contributed by atoms with Gasteiger partial charge in [-0.25, -0.2) is 4.98 Å². The van der Waals surface area contributed by atoms with Crippen LogP contribution in [0.1, 0.15) is 28.2 Å². The number of para-hydroxylation sites is 1.